The highest BCUT2D eigenvalue weighted by molar-refractivity contribution is 5.98. The number of benzene rings is 1. The highest BCUT2D eigenvalue weighted by atomic mass is 16.2. The average Bonchev–Trinajstić information content (AvgIpc) is 2.52. The summed E-state index contributed by atoms with van der Waals surface area (Å²) in [5.41, 5.74) is 7.37. The summed E-state index contributed by atoms with van der Waals surface area (Å²) >= 11 is 0. The maximum Gasteiger partial charge on any atom is 0.288 e. The van der Waals surface area contributed by atoms with Crippen LogP contribution in [0.2, 0.25) is 0 Å². The summed E-state index contributed by atoms with van der Waals surface area (Å²) in [5, 5.41) is 0. The van der Waals surface area contributed by atoms with Gasteiger partial charge in [-0.3, -0.25) is 20.4 Å². The van der Waals surface area contributed by atoms with E-state index in [1.165, 1.54) is 0 Å². The van der Waals surface area contributed by atoms with E-state index in [1.807, 2.05) is 19.1 Å². The van der Waals surface area contributed by atoms with Gasteiger partial charge in [-0.15, -0.1) is 0 Å². The quantitative estimate of drug-likeness (QED) is 0.847. The molecular weight excluding hydrogens is 266 g/mol. The average molecular weight is 283 g/mol. The molecule has 0 saturated heterocycles. The highest BCUT2D eigenvalue weighted by Gasteiger charge is 2.10. The van der Waals surface area contributed by atoms with Crippen LogP contribution in [0, 0.1) is 6.92 Å². The number of aryl methyl sites for hydroxylation is 2. The van der Waals surface area contributed by atoms with Crippen molar-refractivity contribution in [3.8, 4) is 0 Å². The molecule has 1 aromatic carbocycles. The lowest BCUT2D eigenvalue weighted by molar-refractivity contribution is 0.0844. The molecule has 2 aromatic rings. The number of hydrazine groups is 1. The molecule has 2 N–H and O–H groups in total. The van der Waals surface area contributed by atoms with Crippen LogP contribution in [0.5, 0.6) is 0 Å². The molecule has 0 fully saturated rings. The Bertz CT molecular complexity index is 651. The molecule has 0 radical (unpaired) electrons. The van der Waals surface area contributed by atoms with Crippen molar-refractivity contribution in [3.05, 3.63) is 65.0 Å². The summed E-state index contributed by atoms with van der Waals surface area (Å²) < 4.78 is 0. The SMILES string of the molecule is CCc1ccc(C(=O)NNC(=O)c2cccc(C)n2)cc1. The van der Waals surface area contributed by atoms with Crippen molar-refractivity contribution in [2.24, 2.45) is 0 Å². The van der Waals surface area contributed by atoms with Crippen LogP contribution < -0.4 is 10.9 Å². The number of nitrogens with zero attached hydrogens (tertiary/aromatic N) is 1. The fourth-order valence-electron chi connectivity index (χ4n) is 1.81. The number of amides is 2. The molecule has 2 rings (SSSR count). The first-order valence-corrected chi connectivity index (χ1v) is 6.73. The predicted molar refractivity (Wildman–Crippen MR) is 79.7 cm³/mol. The van der Waals surface area contributed by atoms with Crippen molar-refractivity contribution < 1.29 is 9.59 Å². The Kier molecular flexibility index (Phi) is 4.66. The lowest BCUT2D eigenvalue weighted by Gasteiger charge is -2.07. The Morgan fingerprint density at radius 3 is 2.29 bits per heavy atom. The summed E-state index contributed by atoms with van der Waals surface area (Å²) in [6.45, 7) is 3.84. The van der Waals surface area contributed by atoms with Crippen LogP contribution in [0.15, 0.2) is 42.5 Å². The van der Waals surface area contributed by atoms with Gasteiger partial charge in [-0.2, -0.15) is 0 Å². The van der Waals surface area contributed by atoms with Crippen molar-refractivity contribution in [2.75, 3.05) is 0 Å². The molecule has 2 amide bonds. The van der Waals surface area contributed by atoms with E-state index in [-0.39, 0.29) is 11.6 Å². The third-order valence-corrected chi connectivity index (χ3v) is 3.03. The number of carbonyl (C=O) groups excluding carboxylic acids is 2. The fourth-order valence-corrected chi connectivity index (χ4v) is 1.81. The number of pyridine rings is 1. The number of rotatable bonds is 3. The van der Waals surface area contributed by atoms with Crippen LogP contribution in [-0.4, -0.2) is 16.8 Å². The van der Waals surface area contributed by atoms with Gasteiger partial charge in [-0.25, -0.2) is 4.98 Å². The first-order valence-electron chi connectivity index (χ1n) is 6.73. The monoisotopic (exact) mass is 283 g/mol. The molecule has 1 heterocycles. The molecule has 0 bridgehead atoms. The van der Waals surface area contributed by atoms with Crippen molar-refractivity contribution >= 4 is 11.8 Å². The second-order valence-electron chi connectivity index (χ2n) is 4.62. The van der Waals surface area contributed by atoms with E-state index >= 15 is 0 Å². The van der Waals surface area contributed by atoms with Gasteiger partial charge in [-0.1, -0.05) is 25.1 Å². The molecule has 0 unspecified atom stereocenters. The Hall–Kier alpha value is -2.69. The van der Waals surface area contributed by atoms with Crippen molar-refractivity contribution in [3.63, 3.8) is 0 Å². The third kappa shape index (κ3) is 3.89. The van der Waals surface area contributed by atoms with Gasteiger partial charge in [0.2, 0.25) is 0 Å². The van der Waals surface area contributed by atoms with Crippen LogP contribution in [0.25, 0.3) is 0 Å². The molecule has 5 nitrogen and oxygen atoms in total. The normalized spacial score (nSPS) is 10.0. The summed E-state index contributed by atoms with van der Waals surface area (Å²) in [4.78, 5) is 27.8. The third-order valence-electron chi connectivity index (χ3n) is 3.03. The van der Waals surface area contributed by atoms with Crippen molar-refractivity contribution in [1.82, 2.24) is 15.8 Å². The number of hydrogen-bond donors (Lipinski definition) is 2. The van der Waals surface area contributed by atoms with E-state index in [4.69, 9.17) is 0 Å². The molecular formula is C16H17N3O2. The number of nitrogens with one attached hydrogen (secondary N) is 2. The van der Waals surface area contributed by atoms with Gasteiger partial charge in [-0.05, 0) is 43.2 Å². The second kappa shape index (κ2) is 6.65. The smallest absolute Gasteiger partial charge is 0.267 e. The van der Waals surface area contributed by atoms with Crippen molar-refractivity contribution in [1.29, 1.82) is 0 Å². The highest BCUT2D eigenvalue weighted by Crippen LogP contribution is 2.04. The van der Waals surface area contributed by atoms with Crippen LogP contribution >= 0.6 is 0 Å². The van der Waals surface area contributed by atoms with Gasteiger partial charge in [0.05, 0.1) is 0 Å². The molecule has 108 valence electrons. The second-order valence-corrected chi connectivity index (χ2v) is 4.62. The van der Waals surface area contributed by atoms with E-state index < -0.39 is 5.91 Å². The van der Waals surface area contributed by atoms with Gasteiger partial charge >= 0.3 is 0 Å². The Morgan fingerprint density at radius 1 is 1.00 bits per heavy atom. The van der Waals surface area contributed by atoms with E-state index in [2.05, 4.69) is 15.8 Å². The lowest BCUT2D eigenvalue weighted by atomic mass is 10.1. The molecule has 0 aliphatic rings. The van der Waals surface area contributed by atoms with Gasteiger partial charge in [0.15, 0.2) is 0 Å². The van der Waals surface area contributed by atoms with Crippen LogP contribution in [-0.2, 0) is 6.42 Å². The molecule has 0 saturated carbocycles. The maximum absolute atomic E-state index is 11.9. The minimum atomic E-state index is -0.447. The van der Waals surface area contributed by atoms with Crippen LogP contribution in [0.3, 0.4) is 0 Å². The Labute approximate surface area is 123 Å². The summed E-state index contributed by atoms with van der Waals surface area (Å²) in [5.74, 6) is -0.809. The van der Waals surface area contributed by atoms with Gasteiger partial charge in [0.1, 0.15) is 5.69 Å². The summed E-state index contributed by atoms with van der Waals surface area (Å²) in [7, 11) is 0. The minimum absolute atomic E-state index is 0.261. The van der Waals surface area contributed by atoms with E-state index in [0.29, 0.717) is 5.56 Å². The predicted octanol–water partition coefficient (Wildman–Crippen LogP) is 2.03. The van der Waals surface area contributed by atoms with E-state index in [9.17, 15) is 9.59 Å². The lowest BCUT2D eigenvalue weighted by Crippen LogP contribution is -2.42. The maximum atomic E-state index is 11.9. The Morgan fingerprint density at radius 2 is 1.67 bits per heavy atom. The fraction of sp³-hybridized carbons (Fsp3) is 0.188. The van der Waals surface area contributed by atoms with E-state index in [1.54, 1.807) is 37.3 Å². The van der Waals surface area contributed by atoms with Crippen LogP contribution in [0.4, 0.5) is 0 Å². The van der Waals surface area contributed by atoms with Crippen molar-refractivity contribution in [2.45, 2.75) is 20.3 Å². The molecule has 0 aliphatic heterocycles. The molecule has 5 heteroatoms. The molecule has 0 spiro atoms. The Balaban J connectivity index is 1.95. The molecule has 0 atom stereocenters. The first kappa shape index (κ1) is 14.7. The number of carbonyl (C=O) groups is 2. The zero-order valence-corrected chi connectivity index (χ0v) is 12.0. The molecule has 1 aromatic heterocycles. The molecule has 21 heavy (non-hydrogen) atoms. The zero-order valence-electron chi connectivity index (χ0n) is 12.0. The van der Waals surface area contributed by atoms with Gasteiger partial charge < -0.3 is 0 Å². The largest absolute Gasteiger partial charge is 0.288 e. The minimum Gasteiger partial charge on any atom is -0.267 e. The van der Waals surface area contributed by atoms with E-state index in [0.717, 1.165) is 17.7 Å². The number of aromatic nitrogens is 1. The van der Waals surface area contributed by atoms with Crippen LogP contribution in [0.1, 0.15) is 39.0 Å². The standard InChI is InChI=1S/C16H17N3O2/c1-3-12-7-9-13(10-8-12)15(20)18-19-16(21)14-6-4-5-11(2)17-14/h4-10H,3H2,1-2H3,(H,18,20)(H,19,21). The summed E-state index contributed by atoms with van der Waals surface area (Å²) in [6.07, 6.45) is 0.914. The molecule has 0 aliphatic carbocycles. The van der Waals surface area contributed by atoms with Gasteiger partial charge in [0, 0.05) is 11.3 Å². The van der Waals surface area contributed by atoms with Gasteiger partial charge in [0.25, 0.3) is 11.8 Å². The summed E-state index contributed by atoms with van der Waals surface area (Å²) in [6, 6.07) is 12.4. The number of hydrogen-bond acceptors (Lipinski definition) is 3. The topological polar surface area (TPSA) is 71.1 Å². The zero-order chi connectivity index (χ0) is 15.2. The first-order chi connectivity index (χ1) is 10.1.